The number of aromatic nitrogens is 3. The number of anilines is 1. The van der Waals surface area contributed by atoms with Gasteiger partial charge in [-0.1, -0.05) is 0 Å². The number of nitrogens with zero attached hydrogens (tertiary/aromatic N) is 5. The van der Waals surface area contributed by atoms with Crippen LogP contribution < -0.4 is 10.1 Å². The molecule has 0 bridgehead atoms. The second-order valence-corrected chi connectivity index (χ2v) is 8.94. The SMILES string of the molecule is Cc1nsc(Cc2ccc(C#N)cn2)c1C(=O)Nc1ccc(OC2CCN(CCF)CC2)nc1. The summed E-state index contributed by atoms with van der Waals surface area (Å²) in [4.78, 5) is 24.5. The first-order valence-electron chi connectivity index (χ1n) is 11.1. The van der Waals surface area contributed by atoms with Crippen LogP contribution in [0.3, 0.4) is 0 Å². The van der Waals surface area contributed by atoms with Crippen molar-refractivity contribution in [1.29, 1.82) is 5.26 Å². The van der Waals surface area contributed by atoms with Gasteiger partial charge < -0.3 is 15.0 Å². The second kappa shape index (κ2) is 11.1. The number of rotatable bonds is 8. The molecule has 0 spiro atoms. The van der Waals surface area contributed by atoms with Gasteiger partial charge in [0.15, 0.2) is 0 Å². The van der Waals surface area contributed by atoms with Crippen LogP contribution >= 0.6 is 11.5 Å². The van der Waals surface area contributed by atoms with Crippen molar-refractivity contribution in [3.63, 3.8) is 0 Å². The predicted octanol–water partition coefficient (Wildman–Crippen LogP) is 3.77. The van der Waals surface area contributed by atoms with E-state index in [0.29, 0.717) is 41.4 Å². The van der Waals surface area contributed by atoms with Gasteiger partial charge in [-0.3, -0.25) is 9.78 Å². The first-order valence-corrected chi connectivity index (χ1v) is 11.9. The molecule has 8 nitrogen and oxygen atoms in total. The van der Waals surface area contributed by atoms with Crippen molar-refractivity contribution in [3.8, 4) is 11.9 Å². The largest absolute Gasteiger partial charge is 0.474 e. The Labute approximate surface area is 201 Å². The number of likely N-dealkylation sites (tertiary alicyclic amines) is 1. The van der Waals surface area contributed by atoms with Gasteiger partial charge in [0, 0.05) is 48.9 Å². The fourth-order valence-electron chi connectivity index (χ4n) is 3.85. The number of halogens is 1. The molecule has 3 aromatic rings. The number of hydrogen-bond acceptors (Lipinski definition) is 8. The first-order chi connectivity index (χ1) is 16.6. The fraction of sp³-hybridized carbons (Fsp3) is 0.375. The molecule has 0 saturated carbocycles. The minimum atomic E-state index is -0.324. The average Bonchev–Trinajstić information content (AvgIpc) is 3.22. The number of aryl methyl sites for hydroxylation is 1. The standard InChI is InChI=1S/C24H25FN6O2S/c1-16-23(21(34-30-16)12-18-3-2-17(13-26)14-27-18)24(32)29-19-4-5-22(28-15-19)33-20-6-9-31(10-7-20)11-8-25/h2-5,14-15,20H,6-12H2,1H3,(H,29,32). The van der Waals surface area contributed by atoms with Crippen LogP contribution in [-0.4, -0.2) is 57.6 Å². The normalized spacial score (nSPS) is 14.5. The van der Waals surface area contributed by atoms with Crippen LogP contribution in [0.5, 0.6) is 5.88 Å². The molecule has 1 N–H and O–H groups in total. The number of carbonyl (C=O) groups is 1. The molecule has 1 aliphatic heterocycles. The number of carbonyl (C=O) groups excluding carboxylic acids is 1. The van der Waals surface area contributed by atoms with Crippen LogP contribution in [0.25, 0.3) is 0 Å². The first kappa shape index (κ1) is 23.7. The molecule has 0 atom stereocenters. The third-order valence-electron chi connectivity index (χ3n) is 5.67. The summed E-state index contributed by atoms with van der Waals surface area (Å²) in [6.07, 6.45) is 5.27. The lowest BCUT2D eigenvalue weighted by molar-refractivity contribution is 0.0933. The van der Waals surface area contributed by atoms with E-state index in [1.54, 1.807) is 37.4 Å². The van der Waals surface area contributed by atoms with Gasteiger partial charge in [-0.25, -0.2) is 9.37 Å². The number of amides is 1. The molecule has 3 aromatic heterocycles. The number of pyridine rings is 2. The van der Waals surface area contributed by atoms with Crippen molar-refractivity contribution in [2.45, 2.75) is 32.3 Å². The molecule has 4 heterocycles. The van der Waals surface area contributed by atoms with Gasteiger partial charge in [0.2, 0.25) is 5.88 Å². The van der Waals surface area contributed by atoms with Crippen molar-refractivity contribution >= 4 is 23.1 Å². The highest BCUT2D eigenvalue weighted by Crippen LogP contribution is 2.24. The number of hydrogen-bond donors (Lipinski definition) is 1. The number of ether oxygens (including phenoxy) is 1. The monoisotopic (exact) mass is 480 g/mol. The molecule has 0 aliphatic carbocycles. The van der Waals surface area contributed by atoms with Crippen LogP contribution in [0.4, 0.5) is 10.1 Å². The predicted molar refractivity (Wildman–Crippen MR) is 127 cm³/mol. The molecular formula is C24H25FN6O2S. The van der Waals surface area contributed by atoms with E-state index in [9.17, 15) is 9.18 Å². The average molecular weight is 481 g/mol. The van der Waals surface area contributed by atoms with Crippen LogP contribution in [0.2, 0.25) is 0 Å². The highest BCUT2D eigenvalue weighted by atomic mass is 32.1. The maximum atomic E-state index is 13.0. The molecule has 1 fully saturated rings. The van der Waals surface area contributed by atoms with Crippen molar-refractivity contribution in [3.05, 3.63) is 64.1 Å². The van der Waals surface area contributed by atoms with Gasteiger partial charge >= 0.3 is 0 Å². The summed E-state index contributed by atoms with van der Waals surface area (Å²) in [5.41, 5.74) is 2.98. The smallest absolute Gasteiger partial charge is 0.258 e. The highest BCUT2D eigenvalue weighted by Gasteiger charge is 2.21. The van der Waals surface area contributed by atoms with Gasteiger partial charge in [0.25, 0.3) is 5.91 Å². The number of alkyl halides is 1. The Bertz CT molecular complexity index is 1150. The molecule has 1 aliphatic rings. The summed E-state index contributed by atoms with van der Waals surface area (Å²) in [7, 11) is 0. The number of piperidine rings is 1. The van der Waals surface area contributed by atoms with E-state index < -0.39 is 0 Å². The molecule has 1 saturated heterocycles. The van der Waals surface area contributed by atoms with Gasteiger partial charge in [0.05, 0.1) is 28.7 Å². The van der Waals surface area contributed by atoms with Crippen LogP contribution in [-0.2, 0) is 6.42 Å². The molecule has 0 unspecified atom stereocenters. The van der Waals surface area contributed by atoms with Crippen LogP contribution in [0.15, 0.2) is 36.7 Å². The van der Waals surface area contributed by atoms with Crippen molar-refractivity contribution in [2.24, 2.45) is 0 Å². The topological polar surface area (TPSA) is 104 Å². The lowest BCUT2D eigenvalue weighted by atomic mass is 10.1. The van der Waals surface area contributed by atoms with E-state index in [1.165, 1.54) is 17.7 Å². The highest BCUT2D eigenvalue weighted by molar-refractivity contribution is 7.06. The quantitative estimate of drug-likeness (QED) is 0.523. The summed E-state index contributed by atoms with van der Waals surface area (Å²) in [5.74, 6) is 0.244. The Morgan fingerprint density at radius 3 is 2.74 bits per heavy atom. The summed E-state index contributed by atoms with van der Waals surface area (Å²) in [6, 6.07) is 9.03. The molecule has 176 valence electrons. The summed E-state index contributed by atoms with van der Waals surface area (Å²) >= 11 is 1.27. The van der Waals surface area contributed by atoms with Crippen molar-refractivity contribution < 1.29 is 13.9 Å². The molecule has 4 rings (SSSR count). The van der Waals surface area contributed by atoms with Crippen LogP contribution in [0.1, 0.15) is 45.0 Å². The molecule has 34 heavy (non-hydrogen) atoms. The van der Waals surface area contributed by atoms with E-state index in [1.807, 2.05) is 6.07 Å². The van der Waals surface area contributed by atoms with Crippen molar-refractivity contribution in [1.82, 2.24) is 19.2 Å². The number of nitriles is 1. The Kier molecular flexibility index (Phi) is 7.77. The van der Waals surface area contributed by atoms with Gasteiger partial charge in [-0.2, -0.15) is 9.64 Å². The fourth-order valence-corrected chi connectivity index (χ4v) is 4.73. The molecule has 0 radical (unpaired) electrons. The Morgan fingerprint density at radius 1 is 1.26 bits per heavy atom. The molecule has 0 aromatic carbocycles. The lowest BCUT2D eigenvalue weighted by Gasteiger charge is -2.31. The van der Waals surface area contributed by atoms with E-state index in [-0.39, 0.29) is 18.7 Å². The Hall–Kier alpha value is -3.42. The maximum absolute atomic E-state index is 13.0. The molecule has 1 amide bonds. The van der Waals surface area contributed by atoms with Crippen LogP contribution in [0, 0.1) is 18.3 Å². The third kappa shape index (κ3) is 5.92. The van der Waals surface area contributed by atoms with Gasteiger partial charge in [-0.05, 0) is 49.5 Å². The minimum absolute atomic E-state index is 0.0572. The zero-order valence-electron chi connectivity index (χ0n) is 18.8. The second-order valence-electron chi connectivity index (χ2n) is 8.08. The number of nitrogens with one attached hydrogen (secondary N) is 1. The molecule has 10 heteroatoms. The van der Waals surface area contributed by atoms with E-state index >= 15 is 0 Å². The zero-order valence-corrected chi connectivity index (χ0v) is 19.6. The summed E-state index contributed by atoms with van der Waals surface area (Å²) in [6.45, 7) is 3.59. The maximum Gasteiger partial charge on any atom is 0.258 e. The zero-order chi connectivity index (χ0) is 23.9. The lowest BCUT2D eigenvalue weighted by Crippen LogP contribution is -2.39. The third-order valence-corrected chi connectivity index (χ3v) is 6.61. The van der Waals surface area contributed by atoms with Gasteiger partial charge in [0.1, 0.15) is 18.8 Å². The summed E-state index contributed by atoms with van der Waals surface area (Å²) < 4.78 is 22.8. The van der Waals surface area contributed by atoms with E-state index in [4.69, 9.17) is 10.00 Å². The molecular weight excluding hydrogens is 455 g/mol. The summed E-state index contributed by atoms with van der Waals surface area (Å²) in [5, 5.41) is 11.8. The van der Waals surface area contributed by atoms with Gasteiger partial charge in [-0.15, -0.1) is 0 Å². The minimum Gasteiger partial charge on any atom is -0.474 e. The Balaban J connectivity index is 1.36. The Morgan fingerprint density at radius 2 is 2.09 bits per heavy atom. The van der Waals surface area contributed by atoms with E-state index in [2.05, 4.69) is 24.6 Å². The van der Waals surface area contributed by atoms with Crippen molar-refractivity contribution in [2.75, 3.05) is 31.6 Å². The van der Waals surface area contributed by atoms with E-state index in [0.717, 1.165) is 36.5 Å².